The Bertz CT molecular complexity index is 118. The Kier molecular flexibility index (Phi) is 5.02. The molecule has 0 saturated carbocycles. The smallest absolute Gasteiger partial charge is 0.0623 e. The van der Waals surface area contributed by atoms with Crippen LogP contribution in [0.2, 0.25) is 0 Å². The number of morpholine rings is 1. The molecule has 2 aliphatic heterocycles. The van der Waals surface area contributed by atoms with Crippen molar-refractivity contribution in [3.8, 4) is 0 Å². The summed E-state index contributed by atoms with van der Waals surface area (Å²) in [4.78, 5) is 0. The molecule has 0 aromatic carbocycles. The van der Waals surface area contributed by atoms with Crippen molar-refractivity contribution in [1.29, 1.82) is 0 Å². The van der Waals surface area contributed by atoms with Crippen molar-refractivity contribution in [2.45, 2.75) is 18.9 Å². The van der Waals surface area contributed by atoms with Crippen LogP contribution in [0.4, 0.5) is 0 Å². The van der Waals surface area contributed by atoms with Gasteiger partial charge in [-0.1, -0.05) is 0 Å². The van der Waals surface area contributed by atoms with Gasteiger partial charge in [0.15, 0.2) is 0 Å². The summed E-state index contributed by atoms with van der Waals surface area (Å²) < 4.78 is 10.9. The molecule has 13 heavy (non-hydrogen) atoms. The number of hydrogen-bond acceptors (Lipinski definition) is 3. The first-order valence-electron chi connectivity index (χ1n) is 4.86. The number of ether oxygens (including phenoxy) is 2. The lowest BCUT2D eigenvalue weighted by molar-refractivity contribution is -0.00260. The Morgan fingerprint density at radius 3 is 2.54 bits per heavy atom. The van der Waals surface area contributed by atoms with Crippen molar-refractivity contribution >= 4 is 12.4 Å². The van der Waals surface area contributed by atoms with Crippen LogP contribution in [0.1, 0.15) is 12.8 Å². The van der Waals surface area contributed by atoms with E-state index in [4.69, 9.17) is 9.47 Å². The lowest BCUT2D eigenvalue weighted by Gasteiger charge is -2.33. The van der Waals surface area contributed by atoms with Crippen LogP contribution in [0.25, 0.3) is 0 Å². The molecule has 0 radical (unpaired) electrons. The Morgan fingerprint density at radius 2 is 1.92 bits per heavy atom. The summed E-state index contributed by atoms with van der Waals surface area (Å²) in [5.41, 5.74) is 0. The van der Waals surface area contributed by atoms with Gasteiger partial charge in [-0.25, -0.2) is 0 Å². The van der Waals surface area contributed by atoms with Crippen LogP contribution >= 0.6 is 12.4 Å². The zero-order chi connectivity index (χ0) is 8.23. The predicted molar refractivity (Wildman–Crippen MR) is 53.4 cm³/mol. The highest BCUT2D eigenvalue weighted by molar-refractivity contribution is 5.85. The summed E-state index contributed by atoms with van der Waals surface area (Å²) in [6, 6.07) is 0.541. The maximum Gasteiger partial charge on any atom is 0.0623 e. The first-order chi connectivity index (χ1) is 5.97. The third-order valence-corrected chi connectivity index (χ3v) is 2.71. The van der Waals surface area contributed by atoms with Gasteiger partial charge in [0.1, 0.15) is 0 Å². The van der Waals surface area contributed by atoms with Crippen LogP contribution in [0.3, 0.4) is 0 Å². The first-order valence-corrected chi connectivity index (χ1v) is 4.86. The van der Waals surface area contributed by atoms with E-state index in [2.05, 4.69) is 5.32 Å². The zero-order valence-corrected chi connectivity index (χ0v) is 8.65. The Morgan fingerprint density at radius 1 is 1.08 bits per heavy atom. The molecule has 2 heterocycles. The van der Waals surface area contributed by atoms with Crippen LogP contribution in [0, 0.1) is 5.92 Å². The van der Waals surface area contributed by atoms with E-state index in [1.165, 1.54) is 12.8 Å². The average molecular weight is 208 g/mol. The second kappa shape index (κ2) is 5.81. The summed E-state index contributed by atoms with van der Waals surface area (Å²) >= 11 is 0. The molecular formula is C9H18ClNO2. The lowest BCUT2D eigenvalue weighted by atomic mass is 9.94. The molecule has 0 bridgehead atoms. The Labute approximate surface area is 85.6 Å². The average Bonchev–Trinajstić information content (AvgIpc) is 2.21. The number of halogens is 1. The summed E-state index contributed by atoms with van der Waals surface area (Å²) in [5, 5.41) is 3.48. The first kappa shape index (κ1) is 11.2. The molecule has 0 amide bonds. The van der Waals surface area contributed by atoms with Gasteiger partial charge in [-0.2, -0.15) is 0 Å². The van der Waals surface area contributed by atoms with Gasteiger partial charge in [-0.05, 0) is 18.8 Å². The van der Waals surface area contributed by atoms with Crippen LogP contribution in [0.5, 0.6) is 0 Å². The minimum Gasteiger partial charge on any atom is -0.381 e. The van der Waals surface area contributed by atoms with Crippen molar-refractivity contribution < 1.29 is 9.47 Å². The van der Waals surface area contributed by atoms with Crippen LogP contribution in [0.15, 0.2) is 0 Å². The normalized spacial score (nSPS) is 35.1. The van der Waals surface area contributed by atoms with E-state index in [-0.39, 0.29) is 12.4 Å². The molecule has 78 valence electrons. The maximum atomic E-state index is 5.44. The van der Waals surface area contributed by atoms with E-state index in [0.29, 0.717) is 12.0 Å². The van der Waals surface area contributed by atoms with Crippen molar-refractivity contribution in [3.05, 3.63) is 0 Å². The third kappa shape index (κ3) is 3.09. The quantitative estimate of drug-likeness (QED) is 0.691. The number of rotatable bonds is 1. The fraction of sp³-hybridized carbons (Fsp3) is 1.00. The van der Waals surface area contributed by atoms with Crippen LogP contribution < -0.4 is 5.32 Å². The highest BCUT2D eigenvalue weighted by atomic mass is 35.5. The lowest BCUT2D eigenvalue weighted by Crippen LogP contribution is -2.48. The standard InChI is InChI=1S/C9H17NO2.ClH/c1-2-8(6-11-4-1)9-7-12-5-3-10-9;/h8-10H,1-7H2;1H. The molecule has 2 saturated heterocycles. The molecule has 1 N–H and O–H groups in total. The summed E-state index contributed by atoms with van der Waals surface area (Å²) in [6.07, 6.45) is 2.50. The molecule has 4 heteroatoms. The second-order valence-electron chi connectivity index (χ2n) is 3.61. The molecule has 3 nitrogen and oxygen atoms in total. The van der Waals surface area contributed by atoms with E-state index in [9.17, 15) is 0 Å². The highest BCUT2D eigenvalue weighted by Crippen LogP contribution is 2.18. The molecular weight excluding hydrogens is 190 g/mol. The topological polar surface area (TPSA) is 30.5 Å². The minimum atomic E-state index is 0. The van der Waals surface area contributed by atoms with Crippen LogP contribution in [-0.4, -0.2) is 39.0 Å². The van der Waals surface area contributed by atoms with Gasteiger partial charge in [0.2, 0.25) is 0 Å². The Balaban J connectivity index is 0.000000845. The fourth-order valence-electron chi connectivity index (χ4n) is 1.97. The third-order valence-electron chi connectivity index (χ3n) is 2.71. The Hall–Kier alpha value is 0.170. The molecule has 0 spiro atoms. The van der Waals surface area contributed by atoms with E-state index in [1.807, 2.05) is 0 Å². The van der Waals surface area contributed by atoms with E-state index < -0.39 is 0 Å². The highest BCUT2D eigenvalue weighted by Gasteiger charge is 2.25. The maximum absolute atomic E-state index is 5.44. The van der Waals surface area contributed by atoms with Gasteiger partial charge in [-0.3, -0.25) is 0 Å². The monoisotopic (exact) mass is 207 g/mol. The zero-order valence-electron chi connectivity index (χ0n) is 7.83. The molecule has 0 aliphatic carbocycles. The molecule has 0 aromatic heterocycles. The SMILES string of the molecule is C1COCC(C2COCCN2)C1.Cl. The van der Waals surface area contributed by atoms with Gasteiger partial charge in [0, 0.05) is 19.2 Å². The van der Waals surface area contributed by atoms with E-state index in [1.54, 1.807) is 0 Å². The summed E-state index contributed by atoms with van der Waals surface area (Å²) in [7, 11) is 0. The van der Waals surface area contributed by atoms with Crippen molar-refractivity contribution in [2.75, 3.05) is 33.0 Å². The second-order valence-corrected chi connectivity index (χ2v) is 3.61. The minimum absolute atomic E-state index is 0. The van der Waals surface area contributed by atoms with Crippen molar-refractivity contribution in [2.24, 2.45) is 5.92 Å². The van der Waals surface area contributed by atoms with Crippen molar-refractivity contribution in [3.63, 3.8) is 0 Å². The van der Waals surface area contributed by atoms with Crippen LogP contribution in [-0.2, 0) is 9.47 Å². The largest absolute Gasteiger partial charge is 0.381 e. The van der Waals surface area contributed by atoms with Gasteiger partial charge < -0.3 is 14.8 Å². The van der Waals surface area contributed by atoms with Gasteiger partial charge in [0.25, 0.3) is 0 Å². The van der Waals surface area contributed by atoms with Gasteiger partial charge in [0.05, 0.1) is 19.8 Å². The molecule has 2 unspecified atom stereocenters. The van der Waals surface area contributed by atoms with Gasteiger partial charge in [-0.15, -0.1) is 12.4 Å². The van der Waals surface area contributed by atoms with Crippen molar-refractivity contribution in [1.82, 2.24) is 5.32 Å². The molecule has 0 aromatic rings. The molecule has 2 aliphatic rings. The summed E-state index contributed by atoms with van der Waals surface area (Å²) in [6.45, 7) is 4.60. The number of hydrogen-bond donors (Lipinski definition) is 1. The predicted octanol–water partition coefficient (Wildman–Crippen LogP) is 0.823. The molecule has 2 fully saturated rings. The molecule has 2 rings (SSSR count). The van der Waals surface area contributed by atoms with E-state index in [0.717, 1.165) is 33.0 Å². The molecule has 2 atom stereocenters. The van der Waals surface area contributed by atoms with Gasteiger partial charge >= 0.3 is 0 Å². The number of nitrogens with one attached hydrogen (secondary N) is 1. The fourth-order valence-corrected chi connectivity index (χ4v) is 1.97. The van der Waals surface area contributed by atoms with E-state index >= 15 is 0 Å². The summed E-state index contributed by atoms with van der Waals surface area (Å²) in [5.74, 6) is 0.680.